The highest BCUT2D eigenvalue weighted by Crippen LogP contribution is 2.30. The number of hydrogen-bond acceptors (Lipinski definition) is 5. The van der Waals surface area contributed by atoms with Gasteiger partial charge in [-0.25, -0.2) is 13.4 Å². The Morgan fingerprint density at radius 2 is 2.14 bits per heavy atom. The van der Waals surface area contributed by atoms with Crippen LogP contribution in [0.3, 0.4) is 0 Å². The molecule has 1 atom stereocenters. The Kier molecular flexibility index (Phi) is 5.03. The fourth-order valence-corrected chi connectivity index (χ4v) is 5.57. The summed E-state index contributed by atoms with van der Waals surface area (Å²) in [4.78, 5) is 9.00. The highest BCUT2D eigenvalue weighted by atomic mass is 32.2. The van der Waals surface area contributed by atoms with Crippen LogP contribution < -0.4 is 0 Å². The molecule has 0 amide bonds. The van der Waals surface area contributed by atoms with Crippen LogP contribution in [0, 0.1) is 6.92 Å². The van der Waals surface area contributed by atoms with Crippen molar-refractivity contribution in [1.29, 1.82) is 0 Å². The Balaban J connectivity index is 1.57. The van der Waals surface area contributed by atoms with Crippen LogP contribution in [0.25, 0.3) is 0 Å². The molecular formula is C19H24N6O2S. The molecule has 1 aliphatic rings. The molecule has 0 radical (unpaired) electrons. The Labute approximate surface area is 164 Å². The van der Waals surface area contributed by atoms with E-state index >= 15 is 0 Å². The fraction of sp³-hybridized carbons (Fsp3) is 0.421. The SMILES string of the molecule is Cc1nn(C)cc1S(=O)(=O)N1CCCC(c2nccn2Cc2cccnc2)C1. The third-order valence-electron chi connectivity index (χ3n) is 5.16. The maximum absolute atomic E-state index is 13.1. The Hall–Kier alpha value is -2.52. The highest BCUT2D eigenvalue weighted by molar-refractivity contribution is 7.89. The van der Waals surface area contributed by atoms with Crippen LogP contribution in [0.1, 0.15) is 35.8 Å². The number of rotatable bonds is 5. The standard InChI is InChI=1S/C19H24N6O2S/c1-15-18(14-23(2)22-15)28(26,27)25-9-4-6-17(13-25)19-21-8-10-24(19)12-16-5-3-7-20-11-16/h3,5,7-8,10-11,14,17H,4,6,9,12-13H2,1-2H3. The second kappa shape index (κ2) is 7.48. The molecule has 0 aliphatic carbocycles. The lowest BCUT2D eigenvalue weighted by atomic mass is 9.98. The molecule has 0 saturated carbocycles. The van der Waals surface area contributed by atoms with E-state index in [1.165, 1.54) is 0 Å². The molecule has 0 aromatic carbocycles. The van der Waals surface area contributed by atoms with E-state index < -0.39 is 10.0 Å². The van der Waals surface area contributed by atoms with Gasteiger partial charge in [-0.2, -0.15) is 9.40 Å². The van der Waals surface area contributed by atoms with E-state index in [1.807, 2.05) is 24.5 Å². The van der Waals surface area contributed by atoms with Gasteiger partial charge in [-0.05, 0) is 31.4 Å². The molecule has 0 bridgehead atoms. The van der Waals surface area contributed by atoms with E-state index in [0.717, 1.165) is 24.2 Å². The molecule has 3 aromatic rings. The lowest BCUT2D eigenvalue weighted by Crippen LogP contribution is -2.39. The smallest absolute Gasteiger partial charge is 0.246 e. The molecule has 1 saturated heterocycles. The summed E-state index contributed by atoms with van der Waals surface area (Å²) in [5, 5.41) is 4.19. The van der Waals surface area contributed by atoms with Gasteiger partial charge in [0.05, 0.1) is 12.2 Å². The summed E-state index contributed by atoms with van der Waals surface area (Å²) in [6, 6.07) is 3.94. The zero-order chi connectivity index (χ0) is 19.7. The summed E-state index contributed by atoms with van der Waals surface area (Å²) in [6.45, 7) is 3.36. The van der Waals surface area contributed by atoms with Gasteiger partial charge in [0.2, 0.25) is 10.0 Å². The highest BCUT2D eigenvalue weighted by Gasteiger charge is 2.34. The van der Waals surface area contributed by atoms with Gasteiger partial charge < -0.3 is 4.57 Å². The molecule has 8 nitrogen and oxygen atoms in total. The van der Waals surface area contributed by atoms with Crippen molar-refractivity contribution in [2.75, 3.05) is 13.1 Å². The first-order valence-electron chi connectivity index (χ1n) is 9.35. The topological polar surface area (TPSA) is 85.9 Å². The number of nitrogens with zero attached hydrogens (tertiary/aromatic N) is 6. The van der Waals surface area contributed by atoms with Gasteiger partial charge in [-0.15, -0.1) is 0 Å². The minimum Gasteiger partial charge on any atom is -0.330 e. The van der Waals surface area contributed by atoms with Crippen molar-refractivity contribution in [2.24, 2.45) is 7.05 Å². The Morgan fingerprint density at radius 3 is 2.86 bits per heavy atom. The van der Waals surface area contributed by atoms with Gasteiger partial charge in [-0.1, -0.05) is 6.07 Å². The third kappa shape index (κ3) is 3.59. The van der Waals surface area contributed by atoms with Crippen molar-refractivity contribution in [3.63, 3.8) is 0 Å². The van der Waals surface area contributed by atoms with Crippen LogP contribution in [0.5, 0.6) is 0 Å². The lowest BCUT2D eigenvalue weighted by molar-refractivity contribution is 0.305. The number of imidazole rings is 1. The molecule has 148 valence electrons. The zero-order valence-electron chi connectivity index (χ0n) is 16.1. The summed E-state index contributed by atoms with van der Waals surface area (Å²) in [6.07, 6.45) is 10.6. The average Bonchev–Trinajstić information content (AvgIpc) is 3.28. The van der Waals surface area contributed by atoms with Crippen LogP contribution in [0.2, 0.25) is 0 Å². The number of piperidine rings is 1. The van der Waals surface area contributed by atoms with E-state index in [4.69, 9.17) is 0 Å². The van der Waals surface area contributed by atoms with Gasteiger partial charge >= 0.3 is 0 Å². The largest absolute Gasteiger partial charge is 0.330 e. The molecule has 4 heterocycles. The van der Waals surface area contributed by atoms with Gasteiger partial charge in [0.1, 0.15) is 10.7 Å². The van der Waals surface area contributed by atoms with E-state index in [-0.39, 0.29) is 10.8 Å². The average molecular weight is 401 g/mol. The summed E-state index contributed by atoms with van der Waals surface area (Å²) in [5.74, 6) is 0.985. The Bertz CT molecular complexity index is 1060. The van der Waals surface area contributed by atoms with Crippen molar-refractivity contribution in [3.8, 4) is 0 Å². The molecule has 1 aliphatic heterocycles. The van der Waals surface area contributed by atoms with E-state index in [9.17, 15) is 8.42 Å². The maximum atomic E-state index is 13.1. The van der Waals surface area contributed by atoms with Crippen molar-refractivity contribution >= 4 is 10.0 Å². The van der Waals surface area contributed by atoms with Crippen molar-refractivity contribution in [3.05, 3.63) is 60.2 Å². The van der Waals surface area contributed by atoms with Gasteiger partial charge in [0.25, 0.3) is 0 Å². The molecular weight excluding hydrogens is 376 g/mol. The molecule has 0 spiro atoms. The minimum atomic E-state index is -3.56. The maximum Gasteiger partial charge on any atom is 0.246 e. The lowest BCUT2D eigenvalue weighted by Gasteiger charge is -2.31. The van der Waals surface area contributed by atoms with Gasteiger partial charge in [0, 0.05) is 57.0 Å². The van der Waals surface area contributed by atoms with Crippen molar-refractivity contribution < 1.29 is 8.42 Å². The van der Waals surface area contributed by atoms with Crippen LogP contribution in [-0.4, -0.2) is 50.1 Å². The first-order valence-corrected chi connectivity index (χ1v) is 10.8. The van der Waals surface area contributed by atoms with Crippen molar-refractivity contribution in [2.45, 2.75) is 37.1 Å². The molecule has 9 heteroatoms. The first kappa shape index (κ1) is 18.8. The monoisotopic (exact) mass is 400 g/mol. The minimum absolute atomic E-state index is 0.0622. The summed E-state index contributed by atoms with van der Waals surface area (Å²) >= 11 is 0. The van der Waals surface area contributed by atoms with Crippen LogP contribution in [0.15, 0.2) is 48.0 Å². The van der Waals surface area contributed by atoms with Crippen LogP contribution in [-0.2, 0) is 23.6 Å². The number of pyridine rings is 1. The second-order valence-electron chi connectivity index (χ2n) is 7.23. The van der Waals surface area contributed by atoms with E-state index in [0.29, 0.717) is 25.3 Å². The quantitative estimate of drug-likeness (QED) is 0.653. The molecule has 1 fully saturated rings. The van der Waals surface area contributed by atoms with Gasteiger partial charge in [0.15, 0.2) is 0 Å². The summed E-state index contributed by atoms with van der Waals surface area (Å²) < 4.78 is 31.5. The fourth-order valence-electron chi connectivity index (χ4n) is 3.84. The Morgan fingerprint density at radius 1 is 1.29 bits per heavy atom. The third-order valence-corrected chi connectivity index (χ3v) is 7.13. The van der Waals surface area contributed by atoms with E-state index in [1.54, 1.807) is 41.5 Å². The molecule has 3 aromatic heterocycles. The number of sulfonamides is 1. The summed E-state index contributed by atoms with van der Waals surface area (Å²) in [7, 11) is -1.83. The normalized spacial score (nSPS) is 18.4. The van der Waals surface area contributed by atoms with Crippen LogP contribution >= 0.6 is 0 Å². The molecule has 1 unspecified atom stereocenters. The number of aromatic nitrogens is 5. The van der Waals surface area contributed by atoms with Crippen LogP contribution in [0.4, 0.5) is 0 Å². The predicted molar refractivity (Wildman–Crippen MR) is 104 cm³/mol. The number of aryl methyl sites for hydroxylation is 2. The molecule has 28 heavy (non-hydrogen) atoms. The van der Waals surface area contributed by atoms with E-state index in [2.05, 4.69) is 19.6 Å². The predicted octanol–water partition coefficient (Wildman–Crippen LogP) is 1.94. The zero-order valence-corrected chi connectivity index (χ0v) is 16.9. The second-order valence-corrected chi connectivity index (χ2v) is 9.14. The first-order chi connectivity index (χ1) is 13.4. The molecule has 0 N–H and O–H groups in total. The number of hydrogen-bond donors (Lipinski definition) is 0. The van der Waals surface area contributed by atoms with Crippen molar-refractivity contribution in [1.82, 2.24) is 28.6 Å². The van der Waals surface area contributed by atoms with Gasteiger partial charge in [-0.3, -0.25) is 9.67 Å². The summed E-state index contributed by atoms with van der Waals surface area (Å²) in [5.41, 5.74) is 1.62. The molecule has 4 rings (SSSR count).